The van der Waals surface area contributed by atoms with Gasteiger partial charge in [-0.15, -0.1) is 0 Å². The number of anilines is 1. The van der Waals surface area contributed by atoms with Crippen LogP contribution in [0.4, 0.5) is 5.82 Å². The third kappa shape index (κ3) is 3.86. The molecule has 17 heavy (non-hydrogen) atoms. The van der Waals surface area contributed by atoms with Crippen molar-refractivity contribution in [2.75, 3.05) is 11.9 Å². The van der Waals surface area contributed by atoms with E-state index in [0.29, 0.717) is 0 Å². The second kappa shape index (κ2) is 5.82. The lowest BCUT2D eigenvalue weighted by molar-refractivity contribution is 1.00. The van der Waals surface area contributed by atoms with Crippen LogP contribution in [0.2, 0.25) is 0 Å². The Hall–Kier alpha value is -1.35. The Balaban J connectivity index is 1.85. The topological polar surface area (TPSA) is 24.9 Å². The van der Waals surface area contributed by atoms with Crippen molar-refractivity contribution >= 4 is 21.7 Å². The zero-order chi connectivity index (χ0) is 12.1. The van der Waals surface area contributed by atoms with Gasteiger partial charge in [0, 0.05) is 17.2 Å². The van der Waals surface area contributed by atoms with Crippen LogP contribution in [0.15, 0.2) is 47.1 Å². The van der Waals surface area contributed by atoms with E-state index in [4.69, 9.17) is 0 Å². The molecule has 0 aliphatic heterocycles. The Morgan fingerprint density at radius 2 is 2.12 bits per heavy atom. The molecule has 1 aromatic heterocycles. The van der Waals surface area contributed by atoms with Crippen LogP contribution in [-0.2, 0) is 6.42 Å². The van der Waals surface area contributed by atoms with Crippen molar-refractivity contribution in [2.24, 2.45) is 0 Å². The van der Waals surface area contributed by atoms with Crippen molar-refractivity contribution in [3.63, 3.8) is 0 Å². The fourth-order valence-corrected chi connectivity index (χ4v) is 1.92. The van der Waals surface area contributed by atoms with Gasteiger partial charge in [0.1, 0.15) is 5.82 Å². The van der Waals surface area contributed by atoms with Gasteiger partial charge < -0.3 is 5.32 Å². The Morgan fingerprint density at radius 3 is 2.82 bits per heavy atom. The average molecular weight is 291 g/mol. The van der Waals surface area contributed by atoms with Crippen molar-refractivity contribution in [3.05, 3.63) is 58.2 Å². The summed E-state index contributed by atoms with van der Waals surface area (Å²) in [6.45, 7) is 3.02. The van der Waals surface area contributed by atoms with E-state index in [2.05, 4.69) is 57.4 Å². The number of aryl methyl sites for hydroxylation is 1. The number of nitrogens with zero attached hydrogens (tertiary/aromatic N) is 1. The third-order valence-corrected chi connectivity index (χ3v) is 3.00. The number of rotatable bonds is 4. The van der Waals surface area contributed by atoms with Crippen molar-refractivity contribution in [3.8, 4) is 0 Å². The van der Waals surface area contributed by atoms with E-state index in [0.717, 1.165) is 23.3 Å². The quantitative estimate of drug-likeness (QED) is 0.926. The van der Waals surface area contributed by atoms with Gasteiger partial charge in [-0.1, -0.05) is 29.8 Å². The van der Waals surface area contributed by atoms with Crippen molar-refractivity contribution < 1.29 is 0 Å². The normalized spacial score (nSPS) is 10.2. The maximum Gasteiger partial charge on any atom is 0.125 e. The first-order valence-electron chi connectivity index (χ1n) is 5.65. The summed E-state index contributed by atoms with van der Waals surface area (Å²) in [7, 11) is 0. The van der Waals surface area contributed by atoms with E-state index in [1.807, 2.05) is 12.1 Å². The summed E-state index contributed by atoms with van der Waals surface area (Å²) in [5.74, 6) is 0.917. The summed E-state index contributed by atoms with van der Waals surface area (Å²) < 4.78 is 1.00. The van der Waals surface area contributed by atoms with Crippen molar-refractivity contribution in [2.45, 2.75) is 13.3 Å². The fraction of sp³-hybridized carbons (Fsp3) is 0.214. The van der Waals surface area contributed by atoms with Crippen LogP contribution >= 0.6 is 15.9 Å². The zero-order valence-corrected chi connectivity index (χ0v) is 11.4. The minimum atomic E-state index is 0.901. The van der Waals surface area contributed by atoms with Crippen molar-refractivity contribution in [1.82, 2.24) is 4.98 Å². The number of halogens is 1. The Kier molecular flexibility index (Phi) is 4.15. The molecule has 0 spiro atoms. The first-order valence-corrected chi connectivity index (χ1v) is 6.44. The molecule has 2 aromatic rings. The van der Waals surface area contributed by atoms with E-state index in [1.165, 1.54) is 11.1 Å². The molecule has 0 saturated heterocycles. The molecule has 1 N–H and O–H groups in total. The number of hydrogen-bond donors (Lipinski definition) is 1. The van der Waals surface area contributed by atoms with E-state index < -0.39 is 0 Å². The number of nitrogens with one attached hydrogen (secondary N) is 1. The van der Waals surface area contributed by atoms with Gasteiger partial charge >= 0.3 is 0 Å². The first-order chi connectivity index (χ1) is 8.24. The molecule has 3 heteroatoms. The number of pyridine rings is 1. The van der Waals surface area contributed by atoms with E-state index in [-0.39, 0.29) is 0 Å². The first kappa shape index (κ1) is 12.1. The predicted octanol–water partition coefficient (Wildman–Crippen LogP) is 3.81. The molecule has 0 unspecified atom stereocenters. The van der Waals surface area contributed by atoms with E-state index >= 15 is 0 Å². The summed E-state index contributed by atoms with van der Waals surface area (Å²) in [6.07, 6.45) is 2.81. The summed E-state index contributed by atoms with van der Waals surface area (Å²) in [4.78, 5) is 4.27. The van der Waals surface area contributed by atoms with Crippen LogP contribution in [0.1, 0.15) is 11.1 Å². The van der Waals surface area contributed by atoms with Gasteiger partial charge in [0.15, 0.2) is 0 Å². The number of aromatic nitrogens is 1. The second-order valence-electron chi connectivity index (χ2n) is 4.03. The van der Waals surface area contributed by atoms with Gasteiger partial charge in [0.05, 0.1) is 0 Å². The molecule has 0 aliphatic carbocycles. The lowest BCUT2D eigenvalue weighted by Crippen LogP contribution is -2.06. The maximum atomic E-state index is 4.27. The molecule has 2 rings (SSSR count). The second-order valence-corrected chi connectivity index (χ2v) is 4.94. The van der Waals surface area contributed by atoms with Gasteiger partial charge in [-0.25, -0.2) is 4.98 Å². The highest BCUT2D eigenvalue weighted by molar-refractivity contribution is 9.10. The van der Waals surface area contributed by atoms with Crippen LogP contribution in [-0.4, -0.2) is 11.5 Å². The molecular weight excluding hydrogens is 276 g/mol. The van der Waals surface area contributed by atoms with Gasteiger partial charge in [-0.05, 0) is 47.0 Å². The molecule has 0 saturated carbocycles. The van der Waals surface area contributed by atoms with Gasteiger partial charge in [-0.2, -0.15) is 0 Å². The largest absolute Gasteiger partial charge is 0.370 e. The van der Waals surface area contributed by atoms with Crippen LogP contribution in [0.3, 0.4) is 0 Å². The Bertz CT molecular complexity index is 480. The Morgan fingerprint density at radius 1 is 1.24 bits per heavy atom. The molecule has 1 heterocycles. The highest BCUT2D eigenvalue weighted by Gasteiger charge is 1.95. The minimum Gasteiger partial charge on any atom is -0.370 e. The summed E-state index contributed by atoms with van der Waals surface area (Å²) in [5.41, 5.74) is 2.67. The average Bonchev–Trinajstić information content (AvgIpc) is 2.32. The van der Waals surface area contributed by atoms with Gasteiger partial charge in [0.2, 0.25) is 0 Å². The number of hydrogen-bond acceptors (Lipinski definition) is 2. The van der Waals surface area contributed by atoms with Crippen molar-refractivity contribution in [1.29, 1.82) is 0 Å². The fourth-order valence-electron chi connectivity index (χ4n) is 1.68. The predicted molar refractivity (Wildman–Crippen MR) is 75.3 cm³/mol. The highest BCUT2D eigenvalue weighted by Crippen LogP contribution is 2.10. The lowest BCUT2D eigenvalue weighted by atomic mass is 10.1. The monoisotopic (exact) mass is 290 g/mol. The molecule has 0 radical (unpaired) electrons. The third-order valence-electron chi connectivity index (χ3n) is 2.53. The molecule has 0 fully saturated rings. The summed E-state index contributed by atoms with van der Waals surface area (Å²) in [5, 5.41) is 3.31. The molecular formula is C14H15BrN2. The highest BCUT2D eigenvalue weighted by atomic mass is 79.9. The standard InChI is InChI=1S/C14H15BrN2/c1-11-3-2-4-12(9-11)7-8-16-14-6-5-13(15)10-17-14/h2-6,9-10H,7-8H2,1H3,(H,16,17). The van der Waals surface area contributed by atoms with Gasteiger partial charge in [0.25, 0.3) is 0 Å². The molecule has 0 amide bonds. The maximum absolute atomic E-state index is 4.27. The molecule has 1 aromatic carbocycles. The van der Waals surface area contributed by atoms with Crippen LogP contribution in [0.25, 0.3) is 0 Å². The number of benzene rings is 1. The molecule has 0 atom stereocenters. The van der Waals surface area contributed by atoms with E-state index in [9.17, 15) is 0 Å². The SMILES string of the molecule is Cc1cccc(CCNc2ccc(Br)cn2)c1. The Labute approximate surface area is 110 Å². The lowest BCUT2D eigenvalue weighted by Gasteiger charge is -2.06. The minimum absolute atomic E-state index is 0.901. The van der Waals surface area contributed by atoms with Gasteiger partial charge in [-0.3, -0.25) is 0 Å². The molecule has 0 bridgehead atoms. The van der Waals surface area contributed by atoms with Crippen LogP contribution in [0, 0.1) is 6.92 Å². The smallest absolute Gasteiger partial charge is 0.125 e. The van der Waals surface area contributed by atoms with Crippen LogP contribution in [0.5, 0.6) is 0 Å². The molecule has 88 valence electrons. The zero-order valence-electron chi connectivity index (χ0n) is 9.78. The molecule has 0 aliphatic rings. The van der Waals surface area contributed by atoms with Crippen LogP contribution < -0.4 is 5.32 Å². The molecule has 2 nitrogen and oxygen atoms in total. The summed E-state index contributed by atoms with van der Waals surface area (Å²) in [6, 6.07) is 12.6. The van der Waals surface area contributed by atoms with E-state index in [1.54, 1.807) is 6.20 Å². The summed E-state index contributed by atoms with van der Waals surface area (Å²) >= 11 is 3.37.